The first kappa shape index (κ1) is 16.0. The summed E-state index contributed by atoms with van der Waals surface area (Å²) in [5.74, 6) is -0.570. The normalized spacial score (nSPS) is 10.8. The molecule has 0 saturated heterocycles. The van der Waals surface area contributed by atoms with Crippen LogP contribution < -0.4 is 11.0 Å². The molecule has 4 aromatic rings. The van der Waals surface area contributed by atoms with Gasteiger partial charge in [-0.1, -0.05) is 24.3 Å². The Balaban J connectivity index is 1.65. The largest absolute Gasteiger partial charge is 0.323 e. The average molecular weight is 363 g/mol. The number of H-pyrrole nitrogens is 2. The van der Waals surface area contributed by atoms with Crippen molar-refractivity contribution in [1.82, 2.24) is 9.97 Å². The monoisotopic (exact) mass is 363 g/mol. The van der Waals surface area contributed by atoms with E-state index in [-0.39, 0.29) is 17.4 Å². The number of thiophene rings is 1. The van der Waals surface area contributed by atoms with E-state index in [1.165, 1.54) is 11.3 Å². The average Bonchev–Trinajstić information content (AvgIpc) is 3.29. The second-order valence-electron chi connectivity index (χ2n) is 5.65. The second kappa shape index (κ2) is 6.45. The van der Waals surface area contributed by atoms with Crippen LogP contribution in [0.25, 0.3) is 11.0 Å². The summed E-state index contributed by atoms with van der Waals surface area (Å²) in [7, 11) is 0. The van der Waals surface area contributed by atoms with E-state index in [2.05, 4.69) is 15.3 Å². The van der Waals surface area contributed by atoms with Gasteiger partial charge in [0, 0.05) is 11.3 Å². The molecule has 0 atom stereocenters. The van der Waals surface area contributed by atoms with Crippen molar-refractivity contribution in [2.24, 2.45) is 0 Å². The highest BCUT2D eigenvalue weighted by Gasteiger charge is 2.18. The van der Waals surface area contributed by atoms with Crippen LogP contribution in [0.5, 0.6) is 0 Å². The SMILES string of the molecule is O=C(Nc1ccc2[nH]c(=O)[nH]c2c1)c1ccccc1C(=O)c1cccs1. The number of carbonyl (C=O) groups excluding carboxylic acids is 2. The highest BCUT2D eigenvalue weighted by atomic mass is 32.1. The number of anilines is 1. The molecular weight excluding hydrogens is 350 g/mol. The third-order valence-electron chi connectivity index (χ3n) is 3.94. The van der Waals surface area contributed by atoms with Crippen molar-refractivity contribution >= 4 is 39.7 Å². The van der Waals surface area contributed by atoms with Crippen LogP contribution in [0.1, 0.15) is 25.6 Å². The number of ketones is 1. The van der Waals surface area contributed by atoms with E-state index in [0.717, 1.165) is 0 Å². The van der Waals surface area contributed by atoms with Gasteiger partial charge in [0.2, 0.25) is 5.78 Å². The Kier molecular flexibility index (Phi) is 3.98. The second-order valence-corrected chi connectivity index (χ2v) is 6.59. The molecule has 0 unspecified atom stereocenters. The highest BCUT2D eigenvalue weighted by molar-refractivity contribution is 7.12. The predicted molar refractivity (Wildman–Crippen MR) is 101 cm³/mol. The van der Waals surface area contributed by atoms with Crippen molar-refractivity contribution in [1.29, 1.82) is 0 Å². The van der Waals surface area contributed by atoms with E-state index >= 15 is 0 Å². The predicted octanol–water partition coefficient (Wildman–Crippen LogP) is 3.40. The van der Waals surface area contributed by atoms with Crippen LogP contribution in [-0.2, 0) is 0 Å². The first-order valence-electron chi connectivity index (χ1n) is 7.82. The molecular formula is C19H13N3O3S. The zero-order chi connectivity index (χ0) is 18.1. The molecule has 2 aromatic heterocycles. The van der Waals surface area contributed by atoms with Crippen molar-refractivity contribution in [3.8, 4) is 0 Å². The third-order valence-corrected chi connectivity index (χ3v) is 4.80. The molecule has 2 heterocycles. The summed E-state index contributed by atoms with van der Waals surface area (Å²) in [5, 5.41) is 4.60. The Bertz CT molecular complexity index is 1170. The fourth-order valence-electron chi connectivity index (χ4n) is 2.73. The zero-order valence-corrected chi connectivity index (χ0v) is 14.2. The Hall–Kier alpha value is -3.45. The van der Waals surface area contributed by atoms with Crippen LogP contribution >= 0.6 is 11.3 Å². The summed E-state index contributed by atoms with van der Waals surface area (Å²) < 4.78 is 0. The number of amides is 1. The van der Waals surface area contributed by atoms with E-state index < -0.39 is 0 Å². The number of aromatic nitrogens is 2. The summed E-state index contributed by atoms with van der Waals surface area (Å²) in [6, 6.07) is 15.3. The lowest BCUT2D eigenvalue weighted by Gasteiger charge is -2.09. The smallest absolute Gasteiger partial charge is 0.322 e. The Morgan fingerprint density at radius 2 is 1.65 bits per heavy atom. The number of hydrogen-bond acceptors (Lipinski definition) is 4. The molecule has 0 aliphatic rings. The molecule has 0 bridgehead atoms. The fourth-order valence-corrected chi connectivity index (χ4v) is 3.41. The lowest BCUT2D eigenvalue weighted by atomic mass is 10.0. The van der Waals surface area contributed by atoms with Crippen molar-refractivity contribution < 1.29 is 9.59 Å². The van der Waals surface area contributed by atoms with Crippen LogP contribution in [0.15, 0.2) is 64.8 Å². The van der Waals surface area contributed by atoms with Crippen molar-refractivity contribution in [2.75, 3.05) is 5.32 Å². The van der Waals surface area contributed by atoms with Gasteiger partial charge in [0.25, 0.3) is 5.91 Å². The fraction of sp³-hybridized carbons (Fsp3) is 0. The van der Waals surface area contributed by atoms with Gasteiger partial charge in [0.15, 0.2) is 0 Å². The number of benzene rings is 2. The van der Waals surface area contributed by atoms with E-state index in [1.807, 2.05) is 5.38 Å². The molecule has 0 radical (unpaired) electrons. The Morgan fingerprint density at radius 3 is 2.42 bits per heavy atom. The van der Waals surface area contributed by atoms with Crippen LogP contribution in [0, 0.1) is 0 Å². The summed E-state index contributed by atoms with van der Waals surface area (Å²) in [4.78, 5) is 42.6. The maximum Gasteiger partial charge on any atom is 0.323 e. The standard InChI is InChI=1S/C19H13N3O3S/c23-17(16-6-3-9-26-16)12-4-1-2-5-13(12)18(24)20-11-7-8-14-15(10-11)22-19(25)21-14/h1-10H,(H,20,24)(H2,21,22,25). The minimum Gasteiger partial charge on any atom is -0.322 e. The maximum absolute atomic E-state index is 12.7. The van der Waals surface area contributed by atoms with Crippen LogP contribution in [0.2, 0.25) is 0 Å². The molecule has 128 valence electrons. The molecule has 3 N–H and O–H groups in total. The number of nitrogens with one attached hydrogen (secondary N) is 3. The van der Waals surface area contributed by atoms with Crippen molar-refractivity contribution in [2.45, 2.75) is 0 Å². The molecule has 0 saturated carbocycles. The molecule has 7 heteroatoms. The molecule has 26 heavy (non-hydrogen) atoms. The van der Waals surface area contributed by atoms with Crippen LogP contribution in [0.4, 0.5) is 5.69 Å². The van der Waals surface area contributed by atoms with Gasteiger partial charge in [0.1, 0.15) is 0 Å². The molecule has 0 fully saturated rings. The number of hydrogen-bond donors (Lipinski definition) is 3. The molecule has 0 spiro atoms. The van der Waals surface area contributed by atoms with Gasteiger partial charge < -0.3 is 15.3 Å². The quantitative estimate of drug-likeness (QED) is 0.485. The summed E-state index contributed by atoms with van der Waals surface area (Å²) in [6.45, 7) is 0. The minimum absolute atomic E-state index is 0.184. The summed E-state index contributed by atoms with van der Waals surface area (Å²) in [6.07, 6.45) is 0. The van der Waals surface area contributed by atoms with Gasteiger partial charge in [-0.3, -0.25) is 9.59 Å². The highest BCUT2D eigenvalue weighted by Crippen LogP contribution is 2.20. The van der Waals surface area contributed by atoms with E-state index in [1.54, 1.807) is 54.6 Å². The van der Waals surface area contributed by atoms with Gasteiger partial charge in [-0.15, -0.1) is 11.3 Å². The number of imidazole rings is 1. The lowest BCUT2D eigenvalue weighted by molar-refractivity contribution is 0.0998. The maximum atomic E-state index is 12.7. The summed E-state index contributed by atoms with van der Waals surface area (Å²) in [5.41, 5.74) is 2.11. The van der Waals surface area contributed by atoms with Gasteiger partial charge in [-0.2, -0.15) is 0 Å². The Morgan fingerprint density at radius 1 is 0.885 bits per heavy atom. The number of carbonyl (C=O) groups is 2. The van der Waals surface area contributed by atoms with Gasteiger partial charge in [0.05, 0.1) is 21.5 Å². The molecule has 0 aliphatic carbocycles. The molecule has 1 amide bonds. The first-order valence-corrected chi connectivity index (χ1v) is 8.70. The van der Waals surface area contributed by atoms with Crippen molar-refractivity contribution in [3.05, 3.63) is 86.5 Å². The third kappa shape index (κ3) is 2.96. The number of fused-ring (bicyclic) bond motifs is 1. The Labute approximate surface area is 151 Å². The molecule has 0 aliphatic heterocycles. The van der Waals surface area contributed by atoms with Gasteiger partial charge in [-0.05, 0) is 35.7 Å². The number of rotatable bonds is 4. The molecule has 4 rings (SSSR count). The van der Waals surface area contributed by atoms with Crippen LogP contribution in [-0.4, -0.2) is 21.7 Å². The molecule has 2 aromatic carbocycles. The zero-order valence-electron chi connectivity index (χ0n) is 13.4. The van der Waals surface area contributed by atoms with Crippen LogP contribution in [0.3, 0.4) is 0 Å². The van der Waals surface area contributed by atoms with E-state index in [4.69, 9.17) is 0 Å². The minimum atomic E-state index is -0.386. The molecule has 6 nitrogen and oxygen atoms in total. The summed E-state index contributed by atoms with van der Waals surface area (Å²) >= 11 is 1.34. The topological polar surface area (TPSA) is 94.8 Å². The first-order chi connectivity index (χ1) is 12.6. The van der Waals surface area contributed by atoms with Gasteiger partial charge >= 0.3 is 5.69 Å². The van der Waals surface area contributed by atoms with E-state index in [9.17, 15) is 14.4 Å². The van der Waals surface area contributed by atoms with Gasteiger partial charge in [-0.25, -0.2) is 4.79 Å². The van der Waals surface area contributed by atoms with E-state index in [0.29, 0.717) is 32.7 Å². The van der Waals surface area contributed by atoms with Crippen molar-refractivity contribution in [3.63, 3.8) is 0 Å². The lowest BCUT2D eigenvalue weighted by Crippen LogP contribution is -2.16. The number of aromatic amines is 2.